The first-order valence-electron chi connectivity index (χ1n) is 6.50. The average molecular weight is 256 g/mol. The standard InChI is InChI=1S/C14H16N4O/c1-10(11-2-3-11)17-14(19)12-4-6-13(7-5-12)18-9-15-8-16-18/h4-11H,2-3H2,1H3,(H,17,19)/t10-/m0/s1. The van der Waals surface area contributed by atoms with Gasteiger partial charge in [-0.2, -0.15) is 5.10 Å². The Morgan fingerprint density at radius 2 is 2.11 bits per heavy atom. The van der Waals surface area contributed by atoms with E-state index in [4.69, 9.17) is 0 Å². The summed E-state index contributed by atoms with van der Waals surface area (Å²) in [7, 11) is 0. The summed E-state index contributed by atoms with van der Waals surface area (Å²) in [5.74, 6) is 0.655. The normalized spacial score (nSPS) is 16.1. The summed E-state index contributed by atoms with van der Waals surface area (Å²) in [4.78, 5) is 15.9. The van der Waals surface area contributed by atoms with E-state index in [0.717, 1.165) is 5.69 Å². The van der Waals surface area contributed by atoms with Gasteiger partial charge in [-0.1, -0.05) is 0 Å². The van der Waals surface area contributed by atoms with Crippen molar-refractivity contribution in [1.82, 2.24) is 20.1 Å². The van der Waals surface area contributed by atoms with Crippen molar-refractivity contribution in [3.8, 4) is 5.69 Å². The quantitative estimate of drug-likeness (QED) is 0.907. The number of carbonyl (C=O) groups is 1. The zero-order valence-electron chi connectivity index (χ0n) is 10.8. The number of hydrogen-bond acceptors (Lipinski definition) is 3. The van der Waals surface area contributed by atoms with Crippen molar-refractivity contribution in [3.63, 3.8) is 0 Å². The molecule has 1 N–H and O–H groups in total. The molecule has 5 heteroatoms. The van der Waals surface area contributed by atoms with Crippen molar-refractivity contribution in [1.29, 1.82) is 0 Å². The van der Waals surface area contributed by atoms with Crippen molar-refractivity contribution >= 4 is 5.91 Å². The van der Waals surface area contributed by atoms with Crippen LogP contribution >= 0.6 is 0 Å². The molecule has 1 amide bonds. The van der Waals surface area contributed by atoms with E-state index in [1.807, 2.05) is 24.3 Å². The first kappa shape index (κ1) is 11.9. The van der Waals surface area contributed by atoms with Crippen LogP contribution < -0.4 is 5.32 Å². The first-order valence-corrected chi connectivity index (χ1v) is 6.50. The van der Waals surface area contributed by atoms with Crippen LogP contribution in [0, 0.1) is 5.92 Å². The monoisotopic (exact) mass is 256 g/mol. The molecule has 0 unspecified atom stereocenters. The highest BCUT2D eigenvalue weighted by Gasteiger charge is 2.28. The number of carbonyl (C=O) groups excluding carboxylic acids is 1. The van der Waals surface area contributed by atoms with Crippen LogP contribution in [-0.2, 0) is 0 Å². The van der Waals surface area contributed by atoms with E-state index in [0.29, 0.717) is 11.5 Å². The van der Waals surface area contributed by atoms with Crippen LogP contribution in [0.25, 0.3) is 5.69 Å². The van der Waals surface area contributed by atoms with Gasteiger partial charge in [-0.05, 0) is 49.9 Å². The molecule has 0 aliphatic heterocycles. The SMILES string of the molecule is C[C@H](NC(=O)c1ccc(-n2cncn2)cc1)C1CC1. The van der Waals surface area contributed by atoms with Crippen molar-refractivity contribution in [2.75, 3.05) is 0 Å². The maximum Gasteiger partial charge on any atom is 0.251 e. The molecule has 0 bridgehead atoms. The highest BCUT2D eigenvalue weighted by atomic mass is 16.1. The maximum absolute atomic E-state index is 12.0. The van der Waals surface area contributed by atoms with Crippen LogP contribution in [0.2, 0.25) is 0 Å². The zero-order chi connectivity index (χ0) is 13.2. The lowest BCUT2D eigenvalue weighted by Gasteiger charge is -2.12. The van der Waals surface area contributed by atoms with Gasteiger partial charge in [0.2, 0.25) is 0 Å². The van der Waals surface area contributed by atoms with Gasteiger partial charge in [0, 0.05) is 11.6 Å². The zero-order valence-corrected chi connectivity index (χ0v) is 10.8. The smallest absolute Gasteiger partial charge is 0.251 e. The first-order chi connectivity index (χ1) is 9.24. The molecule has 0 saturated heterocycles. The van der Waals surface area contributed by atoms with E-state index < -0.39 is 0 Å². The molecule has 1 saturated carbocycles. The van der Waals surface area contributed by atoms with Crippen LogP contribution in [-0.4, -0.2) is 26.7 Å². The number of rotatable bonds is 4. The van der Waals surface area contributed by atoms with E-state index in [9.17, 15) is 4.79 Å². The molecule has 0 radical (unpaired) electrons. The Morgan fingerprint density at radius 1 is 1.37 bits per heavy atom. The Bertz CT molecular complexity index is 558. The second-order valence-corrected chi connectivity index (χ2v) is 4.99. The summed E-state index contributed by atoms with van der Waals surface area (Å²) in [5, 5.41) is 7.08. The number of nitrogens with one attached hydrogen (secondary N) is 1. The summed E-state index contributed by atoms with van der Waals surface area (Å²) >= 11 is 0. The molecule has 1 aliphatic carbocycles. The maximum atomic E-state index is 12.0. The molecule has 2 aromatic rings. The number of benzene rings is 1. The Balaban J connectivity index is 1.69. The molecule has 1 aliphatic rings. The Morgan fingerprint density at radius 3 is 2.68 bits per heavy atom. The van der Waals surface area contributed by atoms with Gasteiger partial charge in [0.15, 0.2) is 0 Å². The largest absolute Gasteiger partial charge is 0.349 e. The molecule has 1 fully saturated rings. The van der Waals surface area contributed by atoms with Crippen LogP contribution in [0.3, 0.4) is 0 Å². The summed E-state index contributed by atoms with van der Waals surface area (Å²) in [5.41, 5.74) is 1.57. The predicted molar refractivity (Wildman–Crippen MR) is 71.0 cm³/mol. The third kappa shape index (κ3) is 2.65. The van der Waals surface area contributed by atoms with Crippen LogP contribution in [0.5, 0.6) is 0 Å². The number of aromatic nitrogens is 3. The summed E-state index contributed by atoms with van der Waals surface area (Å²) in [6, 6.07) is 7.62. The number of nitrogens with zero attached hydrogens (tertiary/aromatic N) is 3. The molecule has 98 valence electrons. The van der Waals surface area contributed by atoms with Crippen LogP contribution in [0.1, 0.15) is 30.1 Å². The highest BCUT2D eigenvalue weighted by molar-refractivity contribution is 5.94. The Kier molecular flexibility index (Phi) is 3.03. The van der Waals surface area contributed by atoms with Gasteiger partial charge < -0.3 is 5.32 Å². The van der Waals surface area contributed by atoms with Gasteiger partial charge in [0.1, 0.15) is 12.7 Å². The van der Waals surface area contributed by atoms with E-state index >= 15 is 0 Å². The topological polar surface area (TPSA) is 59.8 Å². The lowest BCUT2D eigenvalue weighted by molar-refractivity contribution is 0.0936. The van der Waals surface area contributed by atoms with E-state index in [1.165, 1.54) is 19.2 Å². The minimum atomic E-state index is -0.00968. The van der Waals surface area contributed by atoms with Crippen molar-refractivity contribution in [2.45, 2.75) is 25.8 Å². The fraction of sp³-hybridized carbons (Fsp3) is 0.357. The van der Waals surface area contributed by atoms with Gasteiger partial charge in [-0.15, -0.1) is 0 Å². The molecule has 3 rings (SSSR count). The van der Waals surface area contributed by atoms with Crippen LogP contribution in [0.15, 0.2) is 36.9 Å². The number of hydrogen-bond donors (Lipinski definition) is 1. The fourth-order valence-corrected chi connectivity index (χ4v) is 2.11. The second kappa shape index (κ2) is 4.84. The number of amides is 1. The summed E-state index contributed by atoms with van der Waals surface area (Å²) in [6.07, 6.45) is 5.57. The second-order valence-electron chi connectivity index (χ2n) is 4.99. The average Bonchev–Trinajstić information content (AvgIpc) is 3.14. The minimum absolute atomic E-state index is 0.00968. The van der Waals surface area contributed by atoms with Gasteiger partial charge in [-0.25, -0.2) is 9.67 Å². The van der Waals surface area contributed by atoms with Gasteiger partial charge >= 0.3 is 0 Å². The van der Waals surface area contributed by atoms with Crippen LogP contribution in [0.4, 0.5) is 0 Å². The predicted octanol–water partition coefficient (Wildman–Crippen LogP) is 1.80. The minimum Gasteiger partial charge on any atom is -0.349 e. The molecule has 5 nitrogen and oxygen atoms in total. The third-order valence-electron chi connectivity index (χ3n) is 3.50. The Labute approximate surface area is 111 Å². The molecule has 0 spiro atoms. The lowest BCUT2D eigenvalue weighted by atomic mass is 10.1. The van der Waals surface area contributed by atoms with E-state index in [1.54, 1.807) is 11.0 Å². The molecule has 1 heterocycles. The van der Waals surface area contributed by atoms with Gasteiger partial charge in [0.05, 0.1) is 5.69 Å². The third-order valence-corrected chi connectivity index (χ3v) is 3.50. The van der Waals surface area contributed by atoms with E-state index in [2.05, 4.69) is 22.3 Å². The molecular weight excluding hydrogens is 240 g/mol. The van der Waals surface area contributed by atoms with Crippen molar-refractivity contribution in [3.05, 3.63) is 42.5 Å². The molecule has 19 heavy (non-hydrogen) atoms. The van der Waals surface area contributed by atoms with Crippen molar-refractivity contribution in [2.24, 2.45) is 5.92 Å². The molecule has 1 aromatic carbocycles. The van der Waals surface area contributed by atoms with Gasteiger partial charge in [-0.3, -0.25) is 4.79 Å². The van der Waals surface area contributed by atoms with Crippen molar-refractivity contribution < 1.29 is 4.79 Å². The lowest BCUT2D eigenvalue weighted by Crippen LogP contribution is -2.33. The van der Waals surface area contributed by atoms with E-state index in [-0.39, 0.29) is 11.9 Å². The molecule has 1 atom stereocenters. The summed E-state index contributed by atoms with van der Waals surface area (Å²) in [6.45, 7) is 2.07. The Hall–Kier alpha value is -2.17. The molecular formula is C14H16N4O. The van der Waals surface area contributed by atoms with Gasteiger partial charge in [0.25, 0.3) is 5.91 Å². The fourth-order valence-electron chi connectivity index (χ4n) is 2.11. The highest BCUT2D eigenvalue weighted by Crippen LogP contribution is 2.32. The molecule has 1 aromatic heterocycles. The summed E-state index contributed by atoms with van der Waals surface area (Å²) < 4.78 is 1.66.